The summed E-state index contributed by atoms with van der Waals surface area (Å²) in [4.78, 5) is 11.2. The largest absolute Gasteiger partial charge is 0.481 e. The summed E-state index contributed by atoms with van der Waals surface area (Å²) >= 11 is 0. The molecule has 0 aromatic carbocycles. The van der Waals surface area contributed by atoms with Crippen LogP contribution in [0.5, 0.6) is 0 Å². The van der Waals surface area contributed by atoms with E-state index in [9.17, 15) is 9.90 Å². The van der Waals surface area contributed by atoms with E-state index in [4.69, 9.17) is 4.43 Å². The molecule has 0 radical (unpaired) electrons. The van der Waals surface area contributed by atoms with E-state index in [1.165, 1.54) is 0 Å². The molecule has 0 aromatic rings. The van der Waals surface area contributed by atoms with Crippen molar-refractivity contribution in [3.8, 4) is 0 Å². The highest BCUT2D eigenvalue weighted by atomic mass is 28.4. The number of rotatable bonds is 4. The number of carbonyl (C=O) groups is 1. The van der Waals surface area contributed by atoms with Crippen molar-refractivity contribution in [1.82, 2.24) is 0 Å². The molecule has 1 fully saturated rings. The number of hydrogen-bond acceptors (Lipinski definition) is 2. The van der Waals surface area contributed by atoms with Crippen molar-refractivity contribution in [3.05, 3.63) is 0 Å². The molecule has 4 heteroatoms. The summed E-state index contributed by atoms with van der Waals surface area (Å²) in [6.45, 7) is 11.7. The first-order valence-corrected chi connectivity index (χ1v) is 9.93. The minimum atomic E-state index is -1.75. The summed E-state index contributed by atoms with van der Waals surface area (Å²) in [6, 6.07) is 0. The van der Waals surface area contributed by atoms with Crippen LogP contribution in [0.4, 0.5) is 0 Å². The quantitative estimate of drug-likeness (QED) is 0.790. The Balaban J connectivity index is 2.58. The molecular weight excluding hydrogens is 244 g/mol. The topological polar surface area (TPSA) is 46.5 Å². The highest BCUT2D eigenvalue weighted by Gasteiger charge is 2.39. The smallest absolute Gasteiger partial charge is 0.306 e. The molecule has 1 aliphatic carbocycles. The van der Waals surface area contributed by atoms with Crippen molar-refractivity contribution in [2.45, 2.75) is 64.6 Å². The van der Waals surface area contributed by atoms with Gasteiger partial charge in [-0.3, -0.25) is 4.79 Å². The molecule has 1 rings (SSSR count). The summed E-state index contributed by atoms with van der Waals surface area (Å²) in [6.07, 6.45) is 4.02. The zero-order valence-corrected chi connectivity index (χ0v) is 13.5. The molecule has 2 atom stereocenters. The monoisotopic (exact) mass is 272 g/mol. The maximum Gasteiger partial charge on any atom is 0.306 e. The van der Waals surface area contributed by atoms with Crippen LogP contribution in [-0.4, -0.2) is 26.0 Å². The lowest BCUT2D eigenvalue weighted by molar-refractivity contribution is -0.145. The van der Waals surface area contributed by atoms with Gasteiger partial charge in [-0.25, -0.2) is 0 Å². The van der Waals surface area contributed by atoms with Crippen molar-refractivity contribution >= 4 is 14.3 Å². The minimum Gasteiger partial charge on any atom is -0.481 e. The van der Waals surface area contributed by atoms with Gasteiger partial charge in [-0.15, -0.1) is 0 Å². The number of carboxylic acid groups (broad SMARTS) is 1. The van der Waals surface area contributed by atoms with E-state index in [-0.39, 0.29) is 16.9 Å². The fourth-order valence-electron chi connectivity index (χ4n) is 2.26. The van der Waals surface area contributed by atoms with Crippen molar-refractivity contribution in [1.29, 1.82) is 0 Å². The van der Waals surface area contributed by atoms with Crippen molar-refractivity contribution < 1.29 is 14.3 Å². The highest BCUT2D eigenvalue weighted by molar-refractivity contribution is 6.74. The summed E-state index contributed by atoms with van der Waals surface area (Å²) in [5, 5.41) is 9.45. The predicted octanol–water partition coefficient (Wildman–Crippen LogP) is 3.90. The minimum absolute atomic E-state index is 0.191. The van der Waals surface area contributed by atoms with Gasteiger partial charge in [-0.05, 0) is 36.9 Å². The zero-order valence-electron chi connectivity index (χ0n) is 12.5. The molecular formula is C14H28O3Si. The first-order valence-electron chi connectivity index (χ1n) is 7.02. The van der Waals surface area contributed by atoms with Crippen LogP contribution in [0.1, 0.15) is 46.5 Å². The molecule has 2 unspecified atom stereocenters. The molecule has 0 aromatic heterocycles. The standard InChI is InChI=1S/C14H28O3Si/c1-14(2,3)18(4,5)17-10-11-8-6-7-9-12(11)13(15)16/h11-12H,6-10H2,1-5H3,(H,15,16). The molecule has 1 N–H and O–H groups in total. The highest BCUT2D eigenvalue weighted by Crippen LogP contribution is 2.38. The Kier molecular flexibility index (Phi) is 5.01. The molecule has 1 saturated carbocycles. The van der Waals surface area contributed by atoms with Gasteiger partial charge in [0, 0.05) is 6.61 Å². The number of aliphatic carboxylic acids is 1. The van der Waals surface area contributed by atoms with Gasteiger partial charge in [0.2, 0.25) is 0 Å². The van der Waals surface area contributed by atoms with Crippen molar-refractivity contribution in [2.24, 2.45) is 11.8 Å². The fraction of sp³-hybridized carbons (Fsp3) is 0.929. The predicted molar refractivity (Wildman–Crippen MR) is 76.2 cm³/mol. The molecule has 1 aliphatic rings. The Morgan fingerprint density at radius 1 is 1.28 bits per heavy atom. The Labute approximate surface area is 112 Å². The summed E-state index contributed by atoms with van der Waals surface area (Å²) < 4.78 is 6.19. The van der Waals surface area contributed by atoms with Crippen LogP contribution in [0, 0.1) is 11.8 Å². The molecule has 0 heterocycles. The van der Waals surface area contributed by atoms with E-state index in [0.717, 1.165) is 25.7 Å². The number of hydrogen-bond donors (Lipinski definition) is 1. The van der Waals surface area contributed by atoms with E-state index in [0.29, 0.717) is 6.61 Å². The SMILES string of the molecule is CC(C)(C)[Si](C)(C)OCC1CCCCC1C(=O)O. The van der Waals surface area contributed by atoms with Gasteiger partial charge in [-0.1, -0.05) is 33.6 Å². The third kappa shape index (κ3) is 3.82. The van der Waals surface area contributed by atoms with Crippen LogP contribution in [0.15, 0.2) is 0 Å². The van der Waals surface area contributed by atoms with Crippen LogP contribution in [0.3, 0.4) is 0 Å². The maximum absolute atomic E-state index is 11.2. The van der Waals surface area contributed by atoms with Crippen LogP contribution >= 0.6 is 0 Å². The Bertz CT molecular complexity index is 294. The van der Waals surface area contributed by atoms with E-state index >= 15 is 0 Å². The van der Waals surface area contributed by atoms with E-state index in [1.807, 2.05) is 0 Å². The maximum atomic E-state index is 11.2. The first kappa shape index (κ1) is 15.7. The lowest BCUT2D eigenvalue weighted by atomic mass is 9.80. The molecule has 3 nitrogen and oxygen atoms in total. The van der Waals surface area contributed by atoms with Crippen LogP contribution in [0.2, 0.25) is 18.1 Å². The number of carboxylic acids is 1. The normalized spacial score (nSPS) is 26.1. The molecule has 0 bridgehead atoms. The van der Waals surface area contributed by atoms with Crippen LogP contribution in [0.25, 0.3) is 0 Å². The summed E-state index contributed by atoms with van der Waals surface area (Å²) in [7, 11) is -1.75. The van der Waals surface area contributed by atoms with Gasteiger partial charge in [0.05, 0.1) is 5.92 Å². The summed E-state index contributed by atoms with van der Waals surface area (Å²) in [5.41, 5.74) is 0. The lowest BCUT2D eigenvalue weighted by Crippen LogP contribution is -2.43. The molecule has 106 valence electrons. The molecule has 0 spiro atoms. The van der Waals surface area contributed by atoms with Gasteiger partial charge in [-0.2, -0.15) is 0 Å². The average molecular weight is 272 g/mol. The van der Waals surface area contributed by atoms with Crippen LogP contribution < -0.4 is 0 Å². The van der Waals surface area contributed by atoms with Crippen LogP contribution in [-0.2, 0) is 9.22 Å². The Morgan fingerprint density at radius 2 is 1.83 bits per heavy atom. The summed E-state index contributed by atoms with van der Waals surface area (Å²) in [5.74, 6) is -0.618. The lowest BCUT2D eigenvalue weighted by Gasteiger charge is -2.38. The zero-order chi connectivity index (χ0) is 14.0. The second-order valence-electron chi connectivity index (χ2n) is 7.06. The van der Waals surface area contributed by atoms with Gasteiger partial charge in [0.1, 0.15) is 0 Å². The Morgan fingerprint density at radius 3 is 2.33 bits per heavy atom. The van der Waals surface area contributed by atoms with Gasteiger partial charge >= 0.3 is 5.97 Å². The van der Waals surface area contributed by atoms with E-state index in [1.54, 1.807) is 0 Å². The van der Waals surface area contributed by atoms with Gasteiger partial charge in [0.15, 0.2) is 8.32 Å². The first-order chi connectivity index (χ1) is 8.15. The second kappa shape index (κ2) is 5.74. The average Bonchev–Trinajstić information content (AvgIpc) is 2.25. The second-order valence-corrected chi connectivity index (χ2v) is 11.9. The molecule has 0 amide bonds. The van der Waals surface area contributed by atoms with Crippen molar-refractivity contribution in [3.63, 3.8) is 0 Å². The van der Waals surface area contributed by atoms with E-state index < -0.39 is 14.3 Å². The third-order valence-corrected chi connectivity index (χ3v) is 9.19. The van der Waals surface area contributed by atoms with Gasteiger partial charge in [0.25, 0.3) is 0 Å². The fourth-order valence-corrected chi connectivity index (χ4v) is 3.33. The molecule has 0 saturated heterocycles. The van der Waals surface area contributed by atoms with Gasteiger partial charge < -0.3 is 9.53 Å². The third-order valence-electron chi connectivity index (χ3n) is 4.69. The van der Waals surface area contributed by atoms with E-state index in [2.05, 4.69) is 33.9 Å². The Hall–Kier alpha value is -0.353. The van der Waals surface area contributed by atoms with Crippen molar-refractivity contribution in [2.75, 3.05) is 6.61 Å². The molecule has 0 aliphatic heterocycles. The molecule has 18 heavy (non-hydrogen) atoms.